The fourth-order valence-corrected chi connectivity index (χ4v) is 4.27. The predicted molar refractivity (Wildman–Crippen MR) is 80.4 cm³/mol. The van der Waals surface area contributed by atoms with Gasteiger partial charge in [0.15, 0.2) is 0 Å². The van der Waals surface area contributed by atoms with Gasteiger partial charge in [-0.2, -0.15) is 0 Å². The van der Waals surface area contributed by atoms with E-state index < -0.39 is 10.0 Å². The number of hydrogen-bond acceptors (Lipinski definition) is 4. The quantitative estimate of drug-likeness (QED) is 0.848. The molecule has 1 aromatic heterocycles. The molecular formula is C15H22N2O3S. The van der Waals surface area contributed by atoms with Crippen molar-refractivity contribution in [2.75, 3.05) is 26.0 Å². The van der Waals surface area contributed by atoms with Crippen LogP contribution in [0.15, 0.2) is 24.4 Å². The van der Waals surface area contributed by atoms with E-state index in [9.17, 15) is 8.42 Å². The summed E-state index contributed by atoms with van der Waals surface area (Å²) in [5.74, 6) is 0. The monoisotopic (exact) mass is 310 g/mol. The number of rotatable bonds is 3. The molecule has 0 saturated carbocycles. The lowest BCUT2D eigenvalue weighted by Crippen LogP contribution is -2.43. The van der Waals surface area contributed by atoms with Crippen molar-refractivity contribution in [3.05, 3.63) is 30.1 Å². The van der Waals surface area contributed by atoms with Crippen molar-refractivity contribution in [3.63, 3.8) is 0 Å². The first-order valence-electron chi connectivity index (χ1n) is 7.44. The van der Waals surface area contributed by atoms with Gasteiger partial charge in [-0.25, -0.2) is 12.7 Å². The summed E-state index contributed by atoms with van der Waals surface area (Å²) in [6, 6.07) is 5.94. The summed E-state index contributed by atoms with van der Waals surface area (Å²) in [5.41, 5.74) is 1.23. The maximum Gasteiger partial charge on any atom is 0.211 e. The molecule has 0 radical (unpaired) electrons. The molecule has 21 heavy (non-hydrogen) atoms. The van der Waals surface area contributed by atoms with Crippen molar-refractivity contribution in [2.24, 2.45) is 5.41 Å². The van der Waals surface area contributed by atoms with Crippen LogP contribution in [-0.2, 0) is 21.2 Å². The average Bonchev–Trinajstić information content (AvgIpc) is 2.82. The molecule has 0 N–H and O–H groups in total. The van der Waals surface area contributed by atoms with Crippen molar-refractivity contribution in [2.45, 2.75) is 31.8 Å². The highest BCUT2D eigenvalue weighted by Crippen LogP contribution is 2.42. The minimum atomic E-state index is -3.05. The van der Waals surface area contributed by atoms with Crippen molar-refractivity contribution >= 4 is 10.0 Å². The minimum Gasteiger partial charge on any atom is -0.377 e. The van der Waals surface area contributed by atoms with E-state index in [0.29, 0.717) is 13.1 Å². The van der Waals surface area contributed by atoms with Crippen molar-refractivity contribution in [1.82, 2.24) is 9.29 Å². The molecule has 0 bridgehead atoms. The third-order valence-corrected chi connectivity index (χ3v) is 6.00. The normalized spacial score (nSPS) is 26.2. The molecule has 3 heterocycles. The van der Waals surface area contributed by atoms with Crippen LogP contribution in [0.3, 0.4) is 0 Å². The van der Waals surface area contributed by atoms with Gasteiger partial charge in [-0.1, -0.05) is 6.07 Å². The SMILES string of the molecule is CS(=O)(=O)N1CCC2(CC1)COC(Cc1ccccn1)C2. The van der Waals surface area contributed by atoms with Gasteiger partial charge in [-0.3, -0.25) is 4.98 Å². The molecule has 2 fully saturated rings. The van der Waals surface area contributed by atoms with Crippen molar-refractivity contribution in [1.29, 1.82) is 0 Å². The molecule has 3 rings (SSSR count). The molecular weight excluding hydrogens is 288 g/mol. The lowest BCUT2D eigenvalue weighted by molar-refractivity contribution is 0.0790. The number of aromatic nitrogens is 1. The Morgan fingerprint density at radius 2 is 2.14 bits per heavy atom. The molecule has 6 heteroatoms. The minimum absolute atomic E-state index is 0.167. The van der Waals surface area contributed by atoms with Gasteiger partial charge < -0.3 is 4.74 Å². The first-order valence-corrected chi connectivity index (χ1v) is 9.28. The van der Waals surface area contributed by atoms with E-state index >= 15 is 0 Å². The first kappa shape index (κ1) is 14.9. The Hall–Kier alpha value is -0.980. The summed E-state index contributed by atoms with van der Waals surface area (Å²) >= 11 is 0. The zero-order valence-electron chi connectivity index (χ0n) is 12.4. The Labute approximate surface area is 126 Å². The van der Waals surface area contributed by atoms with Crippen LogP contribution in [0.4, 0.5) is 0 Å². The highest BCUT2D eigenvalue weighted by molar-refractivity contribution is 7.88. The van der Waals surface area contributed by atoms with Gasteiger partial charge in [0, 0.05) is 31.4 Å². The van der Waals surface area contributed by atoms with E-state index in [1.54, 1.807) is 4.31 Å². The Bertz CT molecular complexity index is 580. The maximum atomic E-state index is 11.6. The third-order valence-electron chi connectivity index (χ3n) is 4.70. The molecule has 1 spiro atoms. The number of sulfonamides is 1. The highest BCUT2D eigenvalue weighted by atomic mass is 32.2. The second-order valence-corrected chi connectivity index (χ2v) is 8.31. The van der Waals surface area contributed by atoms with E-state index in [-0.39, 0.29) is 11.5 Å². The van der Waals surface area contributed by atoms with Crippen LogP contribution in [-0.4, -0.2) is 49.8 Å². The fourth-order valence-electron chi connectivity index (χ4n) is 3.42. The zero-order valence-corrected chi connectivity index (χ0v) is 13.2. The molecule has 0 amide bonds. The summed E-state index contributed by atoms with van der Waals surface area (Å²) in [5, 5.41) is 0. The van der Waals surface area contributed by atoms with Crippen LogP contribution in [0.1, 0.15) is 25.0 Å². The Morgan fingerprint density at radius 3 is 2.76 bits per heavy atom. The molecule has 116 valence electrons. The lowest BCUT2D eigenvalue weighted by atomic mass is 9.77. The second-order valence-electron chi connectivity index (χ2n) is 6.32. The number of nitrogens with zero attached hydrogens (tertiary/aromatic N) is 2. The van der Waals surface area contributed by atoms with Crippen LogP contribution >= 0.6 is 0 Å². The predicted octanol–water partition coefficient (Wildman–Crippen LogP) is 1.45. The molecule has 5 nitrogen and oxygen atoms in total. The number of ether oxygens (including phenoxy) is 1. The van der Waals surface area contributed by atoms with Gasteiger partial charge >= 0.3 is 0 Å². The van der Waals surface area contributed by atoms with Crippen molar-refractivity contribution in [3.8, 4) is 0 Å². The van der Waals surface area contributed by atoms with E-state index in [0.717, 1.165) is 38.0 Å². The van der Waals surface area contributed by atoms with Crippen molar-refractivity contribution < 1.29 is 13.2 Å². The van der Waals surface area contributed by atoms with Crippen LogP contribution in [0.25, 0.3) is 0 Å². The molecule has 2 aliphatic heterocycles. The molecule has 1 aromatic rings. The first-order chi connectivity index (χ1) is 9.97. The second kappa shape index (κ2) is 5.66. The van der Waals surface area contributed by atoms with Gasteiger partial charge in [0.2, 0.25) is 10.0 Å². The Morgan fingerprint density at radius 1 is 1.38 bits per heavy atom. The topological polar surface area (TPSA) is 59.5 Å². The number of piperidine rings is 1. The van der Waals surface area contributed by atoms with Gasteiger partial charge in [0.25, 0.3) is 0 Å². The zero-order chi connectivity index (χ0) is 14.9. The summed E-state index contributed by atoms with van der Waals surface area (Å²) in [4.78, 5) is 4.35. The van der Waals surface area contributed by atoms with Gasteiger partial charge in [-0.05, 0) is 36.8 Å². The van der Waals surface area contributed by atoms with Gasteiger partial charge in [0.05, 0.1) is 19.0 Å². The van der Waals surface area contributed by atoms with Crippen LogP contribution in [0, 0.1) is 5.41 Å². The average molecular weight is 310 g/mol. The molecule has 2 saturated heterocycles. The molecule has 2 aliphatic rings. The summed E-state index contributed by atoms with van der Waals surface area (Å²) in [7, 11) is -3.05. The maximum absolute atomic E-state index is 11.6. The Kier molecular flexibility index (Phi) is 4.03. The Balaban J connectivity index is 1.58. The summed E-state index contributed by atoms with van der Waals surface area (Å²) in [6.07, 6.45) is 6.98. The van der Waals surface area contributed by atoms with E-state index in [1.807, 2.05) is 24.4 Å². The standard InChI is InChI=1S/C15H22N2O3S/c1-21(18,19)17-8-5-15(6-9-17)11-14(20-12-15)10-13-4-2-3-7-16-13/h2-4,7,14H,5-6,8-12H2,1H3. The van der Waals surface area contributed by atoms with E-state index in [2.05, 4.69) is 4.98 Å². The molecule has 0 aliphatic carbocycles. The van der Waals surface area contributed by atoms with Crippen LogP contribution in [0.5, 0.6) is 0 Å². The fraction of sp³-hybridized carbons (Fsp3) is 0.667. The molecule has 1 unspecified atom stereocenters. The van der Waals surface area contributed by atoms with Gasteiger partial charge in [-0.15, -0.1) is 0 Å². The largest absolute Gasteiger partial charge is 0.377 e. The number of hydrogen-bond donors (Lipinski definition) is 0. The summed E-state index contributed by atoms with van der Waals surface area (Å²) < 4.78 is 30.7. The lowest BCUT2D eigenvalue weighted by Gasteiger charge is -2.37. The van der Waals surface area contributed by atoms with Crippen LogP contribution < -0.4 is 0 Å². The third kappa shape index (κ3) is 3.44. The molecule has 1 atom stereocenters. The van der Waals surface area contributed by atoms with E-state index in [1.165, 1.54) is 6.26 Å². The van der Waals surface area contributed by atoms with Crippen LogP contribution in [0.2, 0.25) is 0 Å². The molecule has 0 aromatic carbocycles. The summed E-state index contributed by atoms with van der Waals surface area (Å²) in [6.45, 7) is 2.00. The number of pyridine rings is 1. The highest BCUT2D eigenvalue weighted by Gasteiger charge is 2.43. The smallest absolute Gasteiger partial charge is 0.211 e. The van der Waals surface area contributed by atoms with E-state index in [4.69, 9.17) is 4.74 Å². The van der Waals surface area contributed by atoms with Gasteiger partial charge in [0.1, 0.15) is 0 Å².